The fourth-order valence-corrected chi connectivity index (χ4v) is 6.16. The van der Waals surface area contributed by atoms with Gasteiger partial charge in [-0.05, 0) is 30.0 Å². The van der Waals surface area contributed by atoms with E-state index < -0.39 is 23.3 Å². The molecule has 1 aromatic heterocycles. The minimum atomic E-state index is -1.46. The summed E-state index contributed by atoms with van der Waals surface area (Å²) in [5, 5.41) is 0. The van der Waals surface area contributed by atoms with Crippen molar-refractivity contribution in [2.24, 2.45) is 11.3 Å². The molecule has 3 aliphatic rings. The number of fused-ring (bicyclic) bond motifs is 4. The molecule has 0 saturated carbocycles. The summed E-state index contributed by atoms with van der Waals surface area (Å²) < 4.78 is 7.37. The number of para-hydroxylation sites is 1. The molecule has 1 aromatic carbocycles. The molecule has 2 bridgehead atoms. The van der Waals surface area contributed by atoms with Crippen LogP contribution >= 0.6 is 0 Å². The first-order chi connectivity index (χ1) is 16.7. The Hall–Kier alpha value is -3.46. The highest BCUT2D eigenvalue weighted by atomic mass is 16.5. The smallest absolute Gasteiger partial charge is 0.332 e. The number of urea groups is 1. The number of amides is 4. The molecule has 4 amide bonds. The first kappa shape index (κ1) is 23.3. The summed E-state index contributed by atoms with van der Waals surface area (Å²) in [7, 11) is 4.42. The SMILES string of the molecule is COc1ccccc1CC1(CN2C[C@@H]3C[C@@H](C2)c2cccc(=O)n2C3)C(=O)N(C)C(=O)N(C)C1=O. The van der Waals surface area contributed by atoms with Crippen molar-refractivity contribution in [2.45, 2.75) is 25.3 Å². The Bertz CT molecular complexity index is 1230. The number of carbonyl (C=O) groups is 3. The zero-order valence-electron chi connectivity index (χ0n) is 20.3. The second kappa shape index (κ2) is 8.64. The van der Waals surface area contributed by atoms with Crippen LogP contribution in [0.25, 0.3) is 0 Å². The van der Waals surface area contributed by atoms with Crippen molar-refractivity contribution in [3.63, 3.8) is 0 Å². The molecular weight excluding hydrogens is 448 g/mol. The van der Waals surface area contributed by atoms with Crippen molar-refractivity contribution in [3.8, 4) is 5.75 Å². The monoisotopic (exact) mass is 478 g/mol. The Labute approximate surface area is 203 Å². The van der Waals surface area contributed by atoms with Gasteiger partial charge in [0.05, 0.1) is 7.11 Å². The van der Waals surface area contributed by atoms with E-state index in [0.29, 0.717) is 25.4 Å². The number of hydrogen-bond acceptors (Lipinski definition) is 6. The number of carbonyl (C=O) groups excluding carboxylic acids is 3. The molecule has 2 saturated heterocycles. The molecular formula is C26H30N4O5. The van der Waals surface area contributed by atoms with Crippen LogP contribution in [0.5, 0.6) is 5.75 Å². The van der Waals surface area contributed by atoms with Crippen LogP contribution in [0.4, 0.5) is 4.79 Å². The average Bonchev–Trinajstić information content (AvgIpc) is 2.86. The minimum Gasteiger partial charge on any atom is -0.496 e. The van der Waals surface area contributed by atoms with E-state index in [-0.39, 0.29) is 30.4 Å². The maximum absolute atomic E-state index is 13.7. The minimum absolute atomic E-state index is 0.0118. The van der Waals surface area contributed by atoms with Crippen LogP contribution in [0.2, 0.25) is 0 Å². The summed E-state index contributed by atoms with van der Waals surface area (Å²) in [4.78, 5) is 56.7. The number of methoxy groups -OCH3 is 1. The van der Waals surface area contributed by atoms with Gasteiger partial charge in [-0.15, -0.1) is 0 Å². The van der Waals surface area contributed by atoms with Gasteiger partial charge < -0.3 is 14.2 Å². The van der Waals surface area contributed by atoms with E-state index in [9.17, 15) is 19.2 Å². The van der Waals surface area contributed by atoms with Crippen LogP contribution in [0.15, 0.2) is 47.3 Å². The van der Waals surface area contributed by atoms with E-state index in [1.54, 1.807) is 25.3 Å². The number of hydrogen-bond donors (Lipinski definition) is 0. The standard InChI is InChI=1S/C26H30N4O5/c1-27-23(32)26(24(33)28(2)25(27)34,12-18-7-4-5-9-21(18)35-3)16-29-13-17-11-19(15-29)20-8-6-10-22(31)30(20)14-17/h4-10,17,19H,11-16H2,1-3H3/t17-,19-/m0/s1. The van der Waals surface area contributed by atoms with Crippen molar-refractivity contribution < 1.29 is 19.1 Å². The highest BCUT2D eigenvalue weighted by Crippen LogP contribution is 2.40. The Morgan fingerprint density at radius 1 is 0.914 bits per heavy atom. The van der Waals surface area contributed by atoms with Gasteiger partial charge in [-0.25, -0.2) is 4.79 Å². The second-order valence-corrected chi connectivity index (χ2v) is 9.97. The molecule has 5 rings (SSSR count). The third-order valence-corrected chi connectivity index (χ3v) is 7.74. The van der Waals surface area contributed by atoms with Gasteiger partial charge in [-0.3, -0.25) is 24.2 Å². The van der Waals surface area contributed by atoms with E-state index in [0.717, 1.165) is 27.5 Å². The Balaban J connectivity index is 1.52. The van der Waals surface area contributed by atoms with E-state index in [1.807, 2.05) is 28.8 Å². The first-order valence-corrected chi connectivity index (χ1v) is 11.9. The van der Waals surface area contributed by atoms with Crippen LogP contribution in [0.1, 0.15) is 23.6 Å². The molecule has 3 aliphatic heterocycles. The number of benzene rings is 1. The van der Waals surface area contributed by atoms with Gasteiger partial charge in [0, 0.05) is 64.4 Å². The van der Waals surface area contributed by atoms with Crippen molar-refractivity contribution in [1.29, 1.82) is 0 Å². The van der Waals surface area contributed by atoms with Crippen molar-refractivity contribution >= 4 is 17.8 Å². The van der Waals surface area contributed by atoms with E-state index >= 15 is 0 Å². The molecule has 0 unspecified atom stereocenters. The summed E-state index contributed by atoms with van der Waals surface area (Å²) >= 11 is 0. The molecule has 4 heterocycles. The Morgan fingerprint density at radius 3 is 2.34 bits per heavy atom. The molecule has 9 nitrogen and oxygen atoms in total. The van der Waals surface area contributed by atoms with Crippen LogP contribution in [0.3, 0.4) is 0 Å². The number of likely N-dealkylation sites (tertiary alicyclic amines) is 1. The van der Waals surface area contributed by atoms with Gasteiger partial charge in [0.2, 0.25) is 11.8 Å². The summed E-state index contributed by atoms with van der Waals surface area (Å²) in [6.07, 6.45) is 1.10. The van der Waals surface area contributed by atoms with Crippen LogP contribution in [0, 0.1) is 11.3 Å². The van der Waals surface area contributed by atoms with Gasteiger partial charge in [0.1, 0.15) is 11.2 Å². The van der Waals surface area contributed by atoms with E-state index in [1.165, 1.54) is 14.1 Å². The van der Waals surface area contributed by atoms with Gasteiger partial charge in [0.25, 0.3) is 5.56 Å². The highest BCUT2D eigenvalue weighted by molar-refractivity contribution is 6.19. The van der Waals surface area contributed by atoms with Crippen LogP contribution in [-0.4, -0.2) is 78.0 Å². The van der Waals surface area contributed by atoms with Crippen molar-refractivity contribution in [3.05, 3.63) is 64.1 Å². The maximum atomic E-state index is 13.7. The fraction of sp³-hybridized carbons (Fsp3) is 0.462. The van der Waals surface area contributed by atoms with Gasteiger partial charge in [0.15, 0.2) is 0 Å². The number of barbiturate groups is 1. The van der Waals surface area contributed by atoms with Crippen LogP contribution in [-0.2, 0) is 22.6 Å². The fourth-order valence-electron chi connectivity index (χ4n) is 6.16. The summed E-state index contributed by atoms with van der Waals surface area (Å²) in [6, 6.07) is 12.1. The third kappa shape index (κ3) is 3.74. The quantitative estimate of drug-likeness (QED) is 0.606. The maximum Gasteiger partial charge on any atom is 0.332 e. The number of aromatic nitrogens is 1. The van der Waals surface area contributed by atoms with Gasteiger partial charge in [-0.2, -0.15) is 0 Å². The molecule has 0 N–H and O–H groups in total. The largest absolute Gasteiger partial charge is 0.496 e. The normalized spacial score (nSPS) is 23.9. The van der Waals surface area contributed by atoms with E-state index in [4.69, 9.17) is 4.74 Å². The summed E-state index contributed by atoms with van der Waals surface area (Å²) in [5.74, 6) is -0.00708. The number of piperidine rings is 1. The van der Waals surface area contributed by atoms with Gasteiger partial charge in [-0.1, -0.05) is 24.3 Å². The average molecular weight is 479 g/mol. The predicted molar refractivity (Wildman–Crippen MR) is 128 cm³/mol. The molecule has 0 radical (unpaired) electrons. The lowest BCUT2D eigenvalue weighted by Crippen LogP contribution is -2.67. The summed E-state index contributed by atoms with van der Waals surface area (Å²) in [6.45, 7) is 2.12. The molecule has 2 aromatic rings. The molecule has 0 spiro atoms. The lowest BCUT2D eigenvalue weighted by atomic mass is 9.75. The zero-order valence-corrected chi connectivity index (χ0v) is 20.3. The number of imide groups is 2. The number of nitrogens with zero attached hydrogens (tertiary/aromatic N) is 4. The molecule has 9 heteroatoms. The lowest BCUT2D eigenvalue weighted by Gasteiger charge is -2.48. The molecule has 184 valence electrons. The number of rotatable bonds is 5. The zero-order chi connectivity index (χ0) is 24.9. The molecule has 2 atom stereocenters. The Kier molecular flexibility index (Phi) is 5.75. The first-order valence-electron chi connectivity index (χ1n) is 11.9. The van der Waals surface area contributed by atoms with Crippen molar-refractivity contribution in [2.75, 3.05) is 40.8 Å². The van der Waals surface area contributed by atoms with Crippen LogP contribution < -0.4 is 10.3 Å². The van der Waals surface area contributed by atoms with Gasteiger partial charge >= 0.3 is 6.03 Å². The topological polar surface area (TPSA) is 92.2 Å². The number of ether oxygens (including phenoxy) is 1. The Morgan fingerprint density at radius 2 is 1.63 bits per heavy atom. The van der Waals surface area contributed by atoms with Crippen molar-refractivity contribution in [1.82, 2.24) is 19.3 Å². The number of pyridine rings is 1. The molecule has 2 fully saturated rings. The second-order valence-electron chi connectivity index (χ2n) is 9.97. The predicted octanol–water partition coefficient (Wildman–Crippen LogP) is 1.56. The highest BCUT2D eigenvalue weighted by Gasteiger charge is 2.57. The van der Waals surface area contributed by atoms with E-state index in [2.05, 4.69) is 4.90 Å². The third-order valence-electron chi connectivity index (χ3n) is 7.74. The molecule has 0 aliphatic carbocycles. The molecule has 35 heavy (non-hydrogen) atoms. The lowest BCUT2D eigenvalue weighted by molar-refractivity contribution is -0.159. The summed E-state index contributed by atoms with van der Waals surface area (Å²) in [5.41, 5.74) is 0.288.